The molecule has 0 radical (unpaired) electrons. The van der Waals surface area contributed by atoms with Crippen LogP contribution in [0.15, 0.2) is 60.0 Å². The first-order chi connectivity index (χ1) is 11.7. The van der Waals surface area contributed by atoms with E-state index in [1.165, 1.54) is 20.0 Å². The van der Waals surface area contributed by atoms with Crippen LogP contribution in [0.4, 0.5) is 5.13 Å². The molecular weight excluding hydrogens is 511 g/mol. The van der Waals surface area contributed by atoms with E-state index in [2.05, 4.69) is 61.7 Å². The van der Waals surface area contributed by atoms with Gasteiger partial charge in [0.05, 0.1) is 0 Å². The summed E-state index contributed by atoms with van der Waals surface area (Å²) in [7, 11) is 0. The fourth-order valence-electron chi connectivity index (χ4n) is 3.00. The molecule has 6 heteroatoms. The summed E-state index contributed by atoms with van der Waals surface area (Å²) in [6.07, 6.45) is 0. The van der Waals surface area contributed by atoms with Crippen LogP contribution in [0.3, 0.4) is 0 Å². The number of ketones is 1. The quantitative estimate of drug-likeness (QED) is 0.288. The molecule has 3 nitrogen and oxygen atoms in total. The van der Waals surface area contributed by atoms with Gasteiger partial charge in [-0.05, 0) is 46.9 Å². The van der Waals surface area contributed by atoms with Crippen molar-refractivity contribution in [1.29, 1.82) is 0 Å². The van der Waals surface area contributed by atoms with Gasteiger partial charge in [0.25, 0.3) is 0 Å². The summed E-state index contributed by atoms with van der Waals surface area (Å²) in [5.41, 5.74) is 3.25. The van der Waals surface area contributed by atoms with Crippen LogP contribution in [0.25, 0.3) is 11.3 Å². The molecule has 0 atom stereocenters. The van der Waals surface area contributed by atoms with Crippen molar-refractivity contribution in [1.82, 2.24) is 0 Å². The topological polar surface area (TPSA) is 24.2 Å². The predicted molar refractivity (Wildman–Crippen MR) is 106 cm³/mol. The van der Waals surface area contributed by atoms with Crippen LogP contribution in [0.2, 0.25) is 0 Å². The monoisotopic (exact) mass is 526 g/mol. The molecule has 128 valence electrons. The third-order valence-electron chi connectivity index (χ3n) is 4.23. The lowest BCUT2D eigenvalue weighted by atomic mass is 10.1. The van der Waals surface area contributed by atoms with Crippen molar-refractivity contribution in [2.45, 2.75) is 6.54 Å². The fraction of sp³-hybridized carbons (Fsp3) is 0.158. The van der Waals surface area contributed by atoms with E-state index in [1.807, 2.05) is 30.3 Å². The smallest absolute Gasteiger partial charge is 0.337 e. The molecule has 1 aromatic heterocycles. The molecule has 0 fully saturated rings. The molecule has 0 aliphatic carbocycles. The van der Waals surface area contributed by atoms with Crippen molar-refractivity contribution in [2.24, 2.45) is 0 Å². The van der Waals surface area contributed by atoms with E-state index in [1.54, 1.807) is 11.3 Å². The van der Waals surface area contributed by atoms with Gasteiger partial charge in [0.15, 0.2) is 0 Å². The number of aromatic nitrogens is 1. The number of hydrogen-bond acceptors (Lipinski definition) is 3. The standard InChI is InChI=1S/C19H16IN2OS.BrH/c20-16-8-6-14(7-9-16)17-13-24-19-21(10-11-22(17)19)12-18(23)15-4-2-1-3-5-15;/h1-9,13H,10-12H2;1H/q+1;/p-1. The number of carbonyl (C=O) groups is 1. The Kier molecular flexibility index (Phi) is 5.91. The molecule has 1 aliphatic heterocycles. The highest BCUT2D eigenvalue weighted by atomic mass is 127. The Morgan fingerprint density at radius 3 is 2.56 bits per heavy atom. The van der Waals surface area contributed by atoms with Crippen molar-refractivity contribution >= 4 is 44.8 Å². The minimum absolute atomic E-state index is 0. The summed E-state index contributed by atoms with van der Waals surface area (Å²) in [6.45, 7) is 2.27. The van der Waals surface area contributed by atoms with Crippen LogP contribution in [-0.4, -0.2) is 18.9 Å². The van der Waals surface area contributed by atoms with Crippen LogP contribution in [-0.2, 0) is 6.54 Å². The first-order valence-corrected chi connectivity index (χ1v) is 9.79. The molecule has 4 rings (SSSR count). The zero-order chi connectivity index (χ0) is 16.5. The second-order valence-corrected chi connectivity index (χ2v) is 7.85. The van der Waals surface area contributed by atoms with Crippen LogP contribution < -0.4 is 26.4 Å². The molecule has 0 spiro atoms. The Labute approximate surface area is 175 Å². The van der Waals surface area contributed by atoms with E-state index in [-0.39, 0.29) is 22.8 Å². The summed E-state index contributed by atoms with van der Waals surface area (Å²) >= 11 is 4.04. The average molecular weight is 527 g/mol. The largest absolute Gasteiger partial charge is 1.00 e. The molecule has 0 saturated carbocycles. The van der Waals surface area contributed by atoms with Crippen LogP contribution in [0.1, 0.15) is 10.4 Å². The number of hydrogen-bond donors (Lipinski definition) is 0. The maximum absolute atomic E-state index is 12.5. The van der Waals surface area contributed by atoms with Gasteiger partial charge in [0, 0.05) is 20.1 Å². The van der Waals surface area contributed by atoms with Gasteiger partial charge >= 0.3 is 5.13 Å². The zero-order valence-electron chi connectivity index (χ0n) is 13.4. The number of halogens is 2. The van der Waals surface area contributed by atoms with Crippen LogP contribution in [0.5, 0.6) is 0 Å². The third-order valence-corrected chi connectivity index (χ3v) is 5.98. The minimum atomic E-state index is 0. The molecule has 2 aromatic carbocycles. The van der Waals surface area contributed by atoms with Crippen molar-refractivity contribution in [3.63, 3.8) is 0 Å². The van der Waals surface area contributed by atoms with E-state index >= 15 is 0 Å². The van der Waals surface area contributed by atoms with Crippen molar-refractivity contribution in [3.05, 3.63) is 69.1 Å². The molecule has 3 aromatic rings. The molecular formula is C19H16BrIN2OS. The molecule has 2 heterocycles. The number of benzene rings is 2. The summed E-state index contributed by atoms with van der Waals surface area (Å²) in [4.78, 5) is 14.7. The fourth-order valence-corrected chi connectivity index (χ4v) is 4.46. The van der Waals surface area contributed by atoms with E-state index in [0.29, 0.717) is 6.54 Å². The number of Topliss-reactive ketones (excluding diaryl/α,β-unsaturated/α-hetero) is 1. The van der Waals surface area contributed by atoms with Crippen LogP contribution >= 0.6 is 33.9 Å². The van der Waals surface area contributed by atoms with Gasteiger partial charge in [-0.1, -0.05) is 41.7 Å². The van der Waals surface area contributed by atoms with E-state index in [0.717, 1.165) is 18.7 Å². The maximum atomic E-state index is 12.5. The number of carbonyl (C=O) groups excluding carboxylic acids is 1. The number of nitrogens with zero attached hydrogens (tertiary/aromatic N) is 2. The maximum Gasteiger partial charge on any atom is 0.337 e. The minimum Gasteiger partial charge on any atom is -1.00 e. The zero-order valence-corrected chi connectivity index (χ0v) is 17.9. The summed E-state index contributed by atoms with van der Waals surface area (Å²) in [5, 5.41) is 3.37. The Bertz CT molecular complexity index is 880. The van der Waals surface area contributed by atoms with Gasteiger partial charge in [-0.15, -0.1) is 0 Å². The lowest BCUT2D eigenvalue weighted by Crippen LogP contribution is -3.00. The Hall–Kier alpha value is -1.25. The average Bonchev–Trinajstić information content (AvgIpc) is 3.20. The first-order valence-electron chi connectivity index (χ1n) is 7.83. The Morgan fingerprint density at radius 1 is 1.12 bits per heavy atom. The van der Waals surface area contributed by atoms with Gasteiger partial charge in [-0.25, -0.2) is 9.47 Å². The Balaban J connectivity index is 0.00000182. The van der Waals surface area contributed by atoms with Gasteiger partial charge in [0.1, 0.15) is 25.3 Å². The van der Waals surface area contributed by atoms with Crippen molar-refractivity contribution in [2.75, 3.05) is 18.0 Å². The van der Waals surface area contributed by atoms with Gasteiger partial charge in [-0.2, -0.15) is 0 Å². The second kappa shape index (κ2) is 7.97. The highest BCUT2D eigenvalue weighted by molar-refractivity contribution is 14.1. The van der Waals surface area contributed by atoms with Gasteiger partial charge < -0.3 is 17.0 Å². The predicted octanol–water partition coefficient (Wildman–Crippen LogP) is 1.01. The highest BCUT2D eigenvalue weighted by Crippen LogP contribution is 2.29. The third kappa shape index (κ3) is 3.80. The number of anilines is 1. The van der Waals surface area contributed by atoms with E-state index in [4.69, 9.17) is 0 Å². The molecule has 0 bridgehead atoms. The Morgan fingerprint density at radius 2 is 1.84 bits per heavy atom. The van der Waals surface area contributed by atoms with Crippen molar-refractivity contribution < 1.29 is 26.3 Å². The molecule has 0 saturated heterocycles. The number of fused-ring (bicyclic) bond motifs is 1. The molecule has 0 amide bonds. The summed E-state index contributed by atoms with van der Waals surface area (Å²) < 4.78 is 3.56. The van der Waals surface area contributed by atoms with E-state index in [9.17, 15) is 4.79 Å². The second-order valence-electron chi connectivity index (χ2n) is 5.77. The van der Waals surface area contributed by atoms with Crippen molar-refractivity contribution in [3.8, 4) is 11.3 Å². The summed E-state index contributed by atoms with van der Waals surface area (Å²) in [6, 6.07) is 18.1. The lowest BCUT2D eigenvalue weighted by Gasteiger charge is -2.07. The normalized spacial score (nSPS) is 12.6. The number of rotatable bonds is 4. The SMILES string of the molecule is O=C(CN1CC[n+]2c(-c3ccc(I)cc3)csc21)c1ccccc1.[Br-]. The van der Waals surface area contributed by atoms with E-state index < -0.39 is 0 Å². The molecule has 0 N–H and O–H groups in total. The molecule has 0 unspecified atom stereocenters. The highest BCUT2D eigenvalue weighted by Gasteiger charge is 2.33. The summed E-state index contributed by atoms with van der Waals surface area (Å²) in [5.74, 6) is 0.174. The number of thiazole rings is 1. The molecule has 25 heavy (non-hydrogen) atoms. The molecule has 1 aliphatic rings. The first kappa shape index (κ1) is 18.5. The lowest BCUT2D eigenvalue weighted by molar-refractivity contribution is -0.656. The van der Waals surface area contributed by atoms with Gasteiger partial charge in [0.2, 0.25) is 5.78 Å². The van der Waals surface area contributed by atoms with Crippen LogP contribution in [0, 0.1) is 3.57 Å². The van der Waals surface area contributed by atoms with Gasteiger partial charge in [-0.3, -0.25) is 4.79 Å².